The predicted octanol–water partition coefficient (Wildman–Crippen LogP) is 3.01. The zero-order valence-corrected chi connectivity index (χ0v) is 11.6. The van der Waals surface area contributed by atoms with Crippen molar-refractivity contribution in [3.63, 3.8) is 0 Å². The molecule has 0 aliphatic heterocycles. The van der Waals surface area contributed by atoms with Crippen LogP contribution < -0.4 is 11.1 Å². The number of anilines is 3. The minimum absolute atomic E-state index is 0.0796. The van der Waals surface area contributed by atoms with E-state index in [1.807, 2.05) is 48.5 Å². The Morgan fingerprint density at radius 1 is 0.864 bits per heavy atom. The fraction of sp³-hybridized carbons (Fsp3) is 0. The number of carbonyl (C=O) groups excluding carboxylic acids is 1. The molecule has 1 aliphatic rings. The summed E-state index contributed by atoms with van der Waals surface area (Å²) in [5.41, 5.74) is 9.15. The maximum atomic E-state index is 12.6. The topological polar surface area (TPSA) is 80.9 Å². The third-order valence-electron chi connectivity index (χ3n) is 3.62. The Hall–Kier alpha value is -3.21. The quantitative estimate of drug-likeness (QED) is 0.592. The number of nitrogens with two attached hydrogens (primary N) is 1. The summed E-state index contributed by atoms with van der Waals surface area (Å²) in [6, 6.07) is 16.9. The van der Waals surface area contributed by atoms with Crippen molar-refractivity contribution in [2.24, 2.45) is 0 Å². The van der Waals surface area contributed by atoms with Crippen LogP contribution in [-0.2, 0) is 0 Å². The van der Waals surface area contributed by atoms with E-state index in [0.29, 0.717) is 22.6 Å². The number of fused-ring (bicyclic) bond motifs is 3. The molecule has 1 aliphatic carbocycles. The monoisotopic (exact) mass is 288 g/mol. The number of nitrogen functional groups attached to an aromatic ring is 1. The third kappa shape index (κ3) is 1.83. The van der Waals surface area contributed by atoms with Gasteiger partial charge in [0.1, 0.15) is 5.82 Å². The van der Waals surface area contributed by atoms with Crippen molar-refractivity contribution in [2.75, 3.05) is 11.1 Å². The van der Waals surface area contributed by atoms with Crippen LogP contribution in [0.5, 0.6) is 0 Å². The van der Waals surface area contributed by atoms with Gasteiger partial charge in [-0.2, -0.15) is 4.98 Å². The standard InChI is InChI=1S/C17H12N4O/c18-17-20-14-11-8-4-5-9-12(11)15(22)13(14)16(21-17)19-10-6-2-1-3-7-10/h1-9H,(H3,18,19,20,21). The van der Waals surface area contributed by atoms with Crippen LogP contribution in [0.2, 0.25) is 0 Å². The molecule has 106 valence electrons. The smallest absolute Gasteiger partial charge is 0.222 e. The number of para-hydroxylation sites is 1. The van der Waals surface area contributed by atoms with E-state index in [0.717, 1.165) is 11.3 Å². The highest BCUT2D eigenvalue weighted by Crippen LogP contribution is 2.39. The lowest BCUT2D eigenvalue weighted by Crippen LogP contribution is -2.07. The third-order valence-corrected chi connectivity index (χ3v) is 3.62. The lowest BCUT2D eigenvalue weighted by Gasteiger charge is -2.10. The average molecular weight is 288 g/mol. The van der Waals surface area contributed by atoms with Crippen molar-refractivity contribution in [3.8, 4) is 11.3 Å². The van der Waals surface area contributed by atoms with Gasteiger partial charge in [-0.1, -0.05) is 42.5 Å². The van der Waals surface area contributed by atoms with E-state index in [9.17, 15) is 4.79 Å². The van der Waals surface area contributed by atoms with Crippen molar-refractivity contribution >= 4 is 23.2 Å². The summed E-state index contributed by atoms with van der Waals surface area (Å²) >= 11 is 0. The first-order valence-corrected chi connectivity index (χ1v) is 6.88. The molecule has 0 saturated carbocycles. The van der Waals surface area contributed by atoms with Crippen LogP contribution in [0.4, 0.5) is 17.5 Å². The van der Waals surface area contributed by atoms with Crippen LogP contribution in [0.3, 0.4) is 0 Å². The van der Waals surface area contributed by atoms with Gasteiger partial charge in [0, 0.05) is 16.8 Å². The van der Waals surface area contributed by atoms with E-state index in [1.165, 1.54) is 0 Å². The molecule has 0 spiro atoms. The SMILES string of the molecule is Nc1nc(Nc2ccccc2)c2c(n1)-c1ccccc1C2=O. The molecule has 0 bridgehead atoms. The summed E-state index contributed by atoms with van der Waals surface area (Å²) < 4.78 is 0. The maximum absolute atomic E-state index is 12.6. The molecule has 5 nitrogen and oxygen atoms in total. The fourth-order valence-corrected chi connectivity index (χ4v) is 2.66. The first-order chi connectivity index (χ1) is 10.7. The fourth-order valence-electron chi connectivity index (χ4n) is 2.66. The van der Waals surface area contributed by atoms with Gasteiger partial charge in [0.25, 0.3) is 0 Å². The van der Waals surface area contributed by atoms with Crippen molar-refractivity contribution in [1.82, 2.24) is 9.97 Å². The molecule has 1 heterocycles. The Balaban J connectivity index is 1.90. The number of benzene rings is 2. The second-order valence-electron chi connectivity index (χ2n) is 5.02. The molecule has 5 heteroatoms. The highest BCUT2D eigenvalue weighted by Gasteiger charge is 2.31. The molecule has 22 heavy (non-hydrogen) atoms. The number of hydrogen-bond acceptors (Lipinski definition) is 5. The zero-order valence-electron chi connectivity index (χ0n) is 11.6. The summed E-state index contributed by atoms with van der Waals surface area (Å²) in [5, 5.41) is 3.16. The van der Waals surface area contributed by atoms with Crippen LogP contribution in [-0.4, -0.2) is 15.8 Å². The molecule has 0 unspecified atom stereocenters. The van der Waals surface area contributed by atoms with Crippen molar-refractivity contribution in [3.05, 3.63) is 65.7 Å². The van der Waals surface area contributed by atoms with Crippen LogP contribution in [0.15, 0.2) is 54.6 Å². The van der Waals surface area contributed by atoms with Crippen molar-refractivity contribution in [1.29, 1.82) is 0 Å². The molecule has 3 N–H and O–H groups in total. The van der Waals surface area contributed by atoms with Gasteiger partial charge in [-0.05, 0) is 12.1 Å². The predicted molar refractivity (Wildman–Crippen MR) is 85.0 cm³/mol. The number of nitrogens with zero attached hydrogens (tertiary/aromatic N) is 2. The van der Waals surface area contributed by atoms with Crippen molar-refractivity contribution < 1.29 is 4.79 Å². The van der Waals surface area contributed by atoms with Crippen molar-refractivity contribution in [2.45, 2.75) is 0 Å². The van der Waals surface area contributed by atoms with E-state index in [2.05, 4.69) is 15.3 Å². The van der Waals surface area contributed by atoms with Gasteiger partial charge in [-0.3, -0.25) is 4.79 Å². The Morgan fingerprint density at radius 2 is 1.55 bits per heavy atom. The molecule has 2 aromatic carbocycles. The van der Waals surface area contributed by atoms with E-state index in [-0.39, 0.29) is 11.7 Å². The molecule has 4 rings (SSSR count). The number of hydrogen-bond donors (Lipinski definition) is 2. The highest BCUT2D eigenvalue weighted by molar-refractivity contribution is 6.23. The Bertz CT molecular complexity index is 890. The summed E-state index contributed by atoms with van der Waals surface area (Å²) in [6.45, 7) is 0. The lowest BCUT2D eigenvalue weighted by atomic mass is 10.1. The lowest BCUT2D eigenvalue weighted by molar-refractivity contribution is 0.104. The summed E-state index contributed by atoms with van der Waals surface area (Å²) in [4.78, 5) is 21.1. The Kier molecular flexibility index (Phi) is 2.66. The first-order valence-electron chi connectivity index (χ1n) is 6.88. The van der Waals surface area contributed by atoms with Crippen LogP contribution in [0.1, 0.15) is 15.9 Å². The largest absolute Gasteiger partial charge is 0.368 e. The zero-order chi connectivity index (χ0) is 15.1. The van der Waals surface area contributed by atoms with Crippen LogP contribution in [0, 0.1) is 0 Å². The van der Waals surface area contributed by atoms with E-state index < -0.39 is 0 Å². The van der Waals surface area contributed by atoms with E-state index >= 15 is 0 Å². The molecule has 0 fully saturated rings. The molecular weight excluding hydrogens is 276 g/mol. The van der Waals surface area contributed by atoms with Gasteiger partial charge in [-0.25, -0.2) is 4.98 Å². The van der Waals surface area contributed by atoms with E-state index in [1.54, 1.807) is 6.07 Å². The van der Waals surface area contributed by atoms with Gasteiger partial charge < -0.3 is 11.1 Å². The molecule has 0 radical (unpaired) electrons. The normalized spacial score (nSPS) is 11.9. The molecule has 1 aromatic heterocycles. The van der Waals surface area contributed by atoms with Gasteiger partial charge in [0.15, 0.2) is 5.78 Å². The van der Waals surface area contributed by atoms with Gasteiger partial charge in [0.2, 0.25) is 5.95 Å². The van der Waals surface area contributed by atoms with Crippen LogP contribution in [0.25, 0.3) is 11.3 Å². The second-order valence-corrected chi connectivity index (χ2v) is 5.02. The molecule has 0 atom stereocenters. The minimum atomic E-state index is -0.0796. The number of aromatic nitrogens is 2. The number of carbonyl (C=O) groups is 1. The number of ketones is 1. The van der Waals surface area contributed by atoms with Gasteiger partial charge in [-0.15, -0.1) is 0 Å². The minimum Gasteiger partial charge on any atom is -0.368 e. The van der Waals surface area contributed by atoms with Crippen LogP contribution >= 0.6 is 0 Å². The Labute approximate surface area is 126 Å². The first kappa shape index (κ1) is 12.5. The molecular formula is C17H12N4O. The maximum Gasteiger partial charge on any atom is 0.222 e. The van der Waals surface area contributed by atoms with Gasteiger partial charge >= 0.3 is 0 Å². The Morgan fingerprint density at radius 3 is 2.32 bits per heavy atom. The second kappa shape index (κ2) is 4.66. The number of nitrogens with one attached hydrogen (secondary N) is 1. The van der Waals surface area contributed by atoms with Gasteiger partial charge in [0.05, 0.1) is 11.3 Å². The average Bonchev–Trinajstić information content (AvgIpc) is 2.82. The molecule has 0 amide bonds. The highest BCUT2D eigenvalue weighted by atomic mass is 16.1. The summed E-state index contributed by atoms with van der Waals surface area (Å²) in [7, 11) is 0. The number of rotatable bonds is 2. The molecule has 0 saturated heterocycles. The summed E-state index contributed by atoms with van der Waals surface area (Å²) in [6.07, 6.45) is 0. The summed E-state index contributed by atoms with van der Waals surface area (Å²) in [5.74, 6) is 0.501. The van der Waals surface area contributed by atoms with E-state index in [4.69, 9.17) is 5.73 Å². The molecule has 3 aromatic rings.